The fourth-order valence-corrected chi connectivity index (χ4v) is 7.46. The molecule has 0 spiro atoms. The minimum Gasteiger partial charge on any atom is -0.497 e. The zero-order valence-electron chi connectivity index (χ0n) is 24.0. The number of hydrogen-bond donors (Lipinski definition) is 2. The number of fused-ring (bicyclic) bond motifs is 1. The molecule has 1 fully saturated rings. The Balaban J connectivity index is 1.40. The van der Waals surface area contributed by atoms with E-state index in [0.29, 0.717) is 22.6 Å². The normalized spacial score (nSPS) is 15.8. The number of ether oxygens (including phenoxy) is 1. The first-order chi connectivity index (χ1) is 20.8. The molecule has 2 N–H and O–H groups in total. The van der Waals surface area contributed by atoms with E-state index >= 15 is 0 Å². The number of thiocarbonyl (C=S) groups is 1. The van der Waals surface area contributed by atoms with Gasteiger partial charge in [0.25, 0.3) is 17.7 Å². The molecule has 8 nitrogen and oxygen atoms in total. The third-order valence-corrected chi connectivity index (χ3v) is 9.38. The Morgan fingerprint density at radius 2 is 1.77 bits per heavy atom. The van der Waals surface area contributed by atoms with Crippen LogP contribution in [0.5, 0.6) is 5.75 Å². The van der Waals surface area contributed by atoms with E-state index in [1.54, 1.807) is 48.8 Å². The second-order valence-electron chi connectivity index (χ2n) is 10.5. The number of aromatic nitrogens is 1. The Kier molecular flexibility index (Phi) is 7.72. The molecule has 2 aliphatic rings. The summed E-state index contributed by atoms with van der Waals surface area (Å²) in [6, 6.07) is 18.3. The summed E-state index contributed by atoms with van der Waals surface area (Å²) in [7, 11) is 1.56. The maximum Gasteiger partial charge on any atom is 0.270 e. The van der Waals surface area contributed by atoms with Crippen LogP contribution in [0.3, 0.4) is 0 Å². The molecule has 6 rings (SSSR count). The van der Waals surface area contributed by atoms with Gasteiger partial charge in [0.1, 0.15) is 16.3 Å². The number of anilines is 2. The van der Waals surface area contributed by atoms with E-state index in [0.717, 1.165) is 53.3 Å². The summed E-state index contributed by atoms with van der Waals surface area (Å²) in [5.41, 5.74) is 5.44. The lowest BCUT2D eigenvalue weighted by Crippen LogP contribution is -2.54. The van der Waals surface area contributed by atoms with Crippen molar-refractivity contribution in [3.8, 4) is 10.8 Å². The zero-order chi connectivity index (χ0) is 30.2. The van der Waals surface area contributed by atoms with Crippen LogP contribution in [0.15, 0.2) is 66.2 Å². The number of carbonyl (C=O) groups excluding carboxylic acids is 3. The molecule has 1 saturated heterocycles. The highest BCUT2D eigenvalue weighted by Gasteiger charge is 2.35. The van der Waals surface area contributed by atoms with Gasteiger partial charge in [-0.1, -0.05) is 18.2 Å². The summed E-state index contributed by atoms with van der Waals surface area (Å²) >= 11 is 7.00. The third kappa shape index (κ3) is 5.28. The summed E-state index contributed by atoms with van der Waals surface area (Å²) in [6.45, 7) is 3.90. The topological polar surface area (TPSA) is 92.7 Å². The van der Waals surface area contributed by atoms with E-state index < -0.39 is 11.8 Å². The van der Waals surface area contributed by atoms with Crippen LogP contribution in [0.25, 0.3) is 11.1 Å². The molecule has 218 valence electrons. The first kappa shape index (κ1) is 28.6. The van der Waals surface area contributed by atoms with Crippen molar-refractivity contribution in [2.75, 3.05) is 17.3 Å². The molecule has 3 heterocycles. The van der Waals surface area contributed by atoms with Crippen molar-refractivity contribution in [1.29, 1.82) is 0 Å². The lowest BCUT2D eigenvalue weighted by molar-refractivity contribution is -0.122. The molecule has 10 heteroatoms. The van der Waals surface area contributed by atoms with Gasteiger partial charge in [-0.2, -0.15) is 0 Å². The van der Waals surface area contributed by atoms with Gasteiger partial charge in [0, 0.05) is 22.0 Å². The van der Waals surface area contributed by atoms with Crippen LogP contribution in [-0.4, -0.2) is 34.5 Å². The molecule has 0 radical (unpaired) electrons. The monoisotopic (exact) mass is 610 g/mol. The van der Waals surface area contributed by atoms with Crippen molar-refractivity contribution in [2.45, 2.75) is 39.5 Å². The summed E-state index contributed by atoms with van der Waals surface area (Å²) in [6.07, 6.45) is 5.54. The number of para-hydroxylation sites is 1. The molecule has 4 aromatic rings. The van der Waals surface area contributed by atoms with Crippen LogP contribution >= 0.6 is 23.6 Å². The molecule has 0 saturated carbocycles. The molecule has 0 atom stereocenters. The van der Waals surface area contributed by atoms with Crippen LogP contribution in [0.1, 0.15) is 50.6 Å². The molecule has 43 heavy (non-hydrogen) atoms. The number of nitrogens with zero attached hydrogens (tertiary/aromatic N) is 2. The van der Waals surface area contributed by atoms with Gasteiger partial charge in [-0.05, 0) is 111 Å². The summed E-state index contributed by atoms with van der Waals surface area (Å²) < 4.78 is 7.29. The van der Waals surface area contributed by atoms with E-state index in [2.05, 4.69) is 15.2 Å². The van der Waals surface area contributed by atoms with E-state index in [1.165, 1.54) is 9.78 Å². The van der Waals surface area contributed by atoms with E-state index in [1.807, 2.05) is 50.2 Å². The van der Waals surface area contributed by atoms with Crippen LogP contribution in [-0.2, 0) is 22.4 Å². The Labute approximate surface area is 259 Å². The van der Waals surface area contributed by atoms with Crippen molar-refractivity contribution in [2.24, 2.45) is 0 Å². The van der Waals surface area contributed by atoms with Crippen LogP contribution in [0, 0.1) is 13.8 Å². The van der Waals surface area contributed by atoms with Gasteiger partial charge in [-0.15, -0.1) is 11.3 Å². The van der Waals surface area contributed by atoms with Gasteiger partial charge >= 0.3 is 0 Å². The number of hydrogen-bond acceptors (Lipinski definition) is 6. The van der Waals surface area contributed by atoms with Gasteiger partial charge in [0.05, 0.1) is 18.4 Å². The molecule has 3 amide bonds. The number of thiophene rings is 1. The Morgan fingerprint density at radius 1 is 1.05 bits per heavy atom. The Morgan fingerprint density at radius 3 is 2.49 bits per heavy atom. The highest BCUT2D eigenvalue weighted by Crippen LogP contribution is 2.39. The highest BCUT2D eigenvalue weighted by molar-refractivity contribution is 7.80. The van der Waals surface area contributed by atoms with Gasteiger partial charge in [0.2, 0.25) is 0 Å². The molecule has 0 bridgehead atoms. The maximum absolute atomic E-state index is 13.8. The molecule has 0 unspecified atom stereocenters. The SMILES string of the molecule is COc1ccc(N2C(=O)/C(=C\c3cc(C)n(-c4sc5c(c4C(=O)Nc4ccccc4)CCCC5)c3C)C(=O)NC2=S)cc1. The fraction of sp³-hybridized carbons (Fsp3) is 0.212. The average Bonchev–Trinajstić information content (AvgIpc) is 3.51. The molecule has 2 aromatic heterocycles. The van der Waals surface area contributed by atoms with Crippen molar-refractivity contribution in [3.63, 3.8) is 0 Å². The molecule has 2 aromatic carbocycles. The maximum atomic E-state index is 13.8. The number of rotatable bonds is 6. The van der Waals surface area contributed by atoms with Gasteiger partial charge in [-0.25, -0.2) is 0 Å². The van der Waals surface area contributed by atoms with Crippen LogP contribution in [0.4, 0.5) is 11.4 Å². The van der Waals surface area contributed by atoms with Gasteiger partial charge < -0.3 is 14.6 Å². The summed E-state index contributed by atoms with van der Waals surface area (Å²) in [5, 5.41) is 6.59. The minimum absolute atomic E-state index is 0.0148. The van der Waals surface area contributed by atoms with Crippen molar-refractivity contribution < 1.29 is 19.1 Å². The molecule has 1 aliphatic carbocycles. The van der Waals surface area contributed by atoms with E-state index in [4.69, 9.17) is 17.0 Å². The lowest BCUT2D eigenvalue weighted by Gasteiger charge is -2.29. The number of nitrogens with one attached hydrogen (secondary N) is 2. The largest absolute Gasteiger partial charge is 0.497 e. The number of benzene rings is 2. The van der Waals surface area contributed by atoms with Gasteiger partial charge in [0.15, 0.2) is 5.11 Å². The quantitative estimate of drug-likeness (QED) is 0.156. The fourth-order valence-electron chi connectivity index (χ4n) is 5.68. The average molecular weight is 611 g/mol. The van der Waals surface area contributed by atoms with Crippen molar-refractivity contribution in [3.05, 3.63) is 99.2 Å². The predicted octanol–water partition coefficient (Wildman–Crippen LogP) is 6.13. The Hall–Kier alpha value is -4.54. The van der Waals surface area contributed by atoms with Crippen molar-refractivity contribution >= 4 is 63.8 Å². The van der Waals surface area contributed by atoms with Crippen molar-refractivity contribution in [1.82, 2.24) is 9.88 Å². The second kappa shape index (κ2) is 11.6. The standard InChI is InChI=1S/C33H30N4O4S2/c1-19-17-21(18-26-29(38)35-33(42)37(31(26)40)23-13-15-24(41-3)16-14-23)20(2)36(19)32-28(25-11-7-8-12-27(25)43-32)30(39)34-22-9-5-4-6-10-22/h4-6,9-10,13-18H,7-8,11-12H2,1-3H3,(H,34,39)(H,35,38,42)/b26-18-. The molecular weight excluding hydrogens is 581 g/mol. The van der Waals surface area contributed by atoms with E-state index in [-0.39, 0.29) is 16.6 Å². The minimum atomic E-state index is -0.556. The zero-order valence-corrected chi connectivity index (χ0v) is 25.7. The summed E-state index contributed by atoms with van der Waals surface area (Å²) in [5.74, 6) is -0.575. The number of methoxy groups -OCH3 is 1. The molecule has 1 aliphatic heterocycles. The Bertz CT molecular complexity index is 1800. The van der Waals surface area contributed by atoms with Crippen LogP contribution < -0.4 is 20.3 Å². The third-order valence-electron chi connectivity index (χ3n) is 7.82. The summed E-state index contributed by atoms with van der Waals surface area (Å²) in [4.78, 5) is 43.0. The first-order valence-corrected chi connectivity index (χ1v) is 15.2. The lowest BCUT2D eigenvalue weighted by atomic mass is 9.95. The number of carbonyl (C=O) groups is 3. The number of aryl methyl sites for hydroxylation is 2. The van der Waals surface area contributed by atoms with E-state index in [9.17, 15) is 14.4 Å². The smallest absolute Gasteiger partial charge is 0.270 e. The predicted molar refractivity (Wildman–Crippen MR) is 173 cm³/mol. The number of amides is 3. The first-order valence-electron chi connectivity index (χ1n) is 14.0. The van der Waals surface area contributed by atoms with Crippen LogP contribution in [0.2, 0.25) is 0 Å². The second-order valence-corrected chi connectivity index (χ2v) is 12.0. The van der Waals surface area contributed by atoms with Gasteiger partial charge in [-0.3, -0.25) is 24.6 Å². The molecular formula is C33H30N4O4S2. The highest BCUT2D eigenvalue weighted by atomic mass is 32.1.